The maximum Gasteiger partial charge on any atom is 0.513 e. The monoisotopic (exact) mass is 646 g/mol. The van der Waals surface area contributed by atoms with Gasteiger partial charge < -0.3 is 24.3 Å². The number of allylic oxidation sites excluding steroid dienone is 2. The minimum Gasteiger partial charge on any atom is -0.437 e. The third kappa shape index (κ3) is 8.28. The molecule has 1 aliphatic rings. The second kappa shape index (κ2) is 14.0. The molecule has 0 fully saturated rings. The average molecular weight is 647 g/mol. The molecule has 1 heterocycles. The molecule has 0 unspecified atom stereocenters. The SMILES string of the molecule is CC1=C(OC(=O)OC[Si](C)(C)c2ccccc2)C(c2cccc([N+](=O)[O-])c2)C(OC(=O)OC[Si](C)(C)c2ccccc2)=C(C)N1. The lowest BCUT2D eigenvalue weighted by molar-refractivity contribution is -0.384. The van der Waals surface area contributed by atoms with E-state index in [2.05, 4.69) is 31.5 Å². The smallest absolute Gasteiger partial charge is 0.437 e. The van der Waals surface area contributed by atoms with Crippen molar-refractivity contribution < 1.29 is 33.5 Å². The summed E-state index contributed by atoms with van der Waals surface area (Å²) >= 11 is 0. The Morgan fingerprint density at radius 3 is 1.60 bits per heavy atom. The zero-order valence-electron chi connectivity index (χ0n) is 26.3. The predicted molar refractivity (Wildman–Crippen MR) is 176 cm³/mol. The number of ether oxygens (including phenoxy) is 4. The highest BCUT2D eigenvalue weighted by molar-refractivity contribution is 6.90. The number of carbonyl (C=O) groups is 2. The Bertz CT molecular complexity index is 1530. The largest absolute Gasteiger partial charge is 0.513 e. The zero-order valence-corrected chi connectivity index (χ0v) is 28.3. The van der Waals surface area contributed by atoms with Crippen LogP contribution in [0.5, 0.6) is 0 Å². The Morgan fingerprint density at radius 2 is 1.18 bits per heavy atom. The third-order valence-corrected chi connectivity index (χ3v) is 13.2. The average Bonchev–Trinajstić information content (AvgIpc) is 3.02. The zero-order chi connectivity index (χ0) is 32.8. The number of benzene rings is 3. The summed E-state index contributed by atoms with van der Waals surface area (Å²) in [4.78, 5) is 37.3. The molecule has 4 rings (SSSR count). The maximum atomic E-state index is 13.1. The van der Waals surface area contributed by atoms with Gasteiger partial charge in [0.2, 0.25) is 0 Å². The number of carbonyl (C=O) groups excluding carboxylic acids is 2. The Kier molecular flexibility index (Phi) is 10.3. The van der Waals surface area contributed by atoms with E-state index in [0.29, 0.717) is 17.0 Å². The van der Waals surface area contributed by atoms with Crippen molar-refractivity contribution in [1.29, 1.82) is 0 Å². The van der Waals surface area contributed by atoms with Gasteiger partial charge in [0.15, 0.2) is 0 Å². The molecule has 0 saturated heterocycles. The Balaban J connectivity index is 1.58. The molecular weight excluding hydrogens is 609 g/mol. The van der Waals surface area contributed by atoms with E-state index in [1.165, 1.54) is 18.2 Å². The highest BCUT2D eigenvalue weighted by Gasteiger charge is 2.37. The van der Waals surface area contributed by atoms with Crippen molar-refractivity contribution >= 4 is 44.5 Å². The normalized spacial score (nSPS) is 14.0. The van der Waals surface area contributed by atoms with Gasteiger partial charge in [0, 0.05) is 12.1 Å². The van der Waals surface area contributed by atoms with Crippen LogP contribution in [-0.4, -0.2) is 45.8 Å². The Hall–Kier alpha value is -4.69. The van der Waals surface area contributed by atoms with Crippen LogP contribution in [0.3, 0.4) is 0 Å². The molecule has 3 aromatic carbocycles. The molecule has 0 saturated carbocycles. The summed E-state index contributed by atoms with van der Waals surface area (Å²) < 4.78 is 22.8. The van der Waals surface area contributed by atoms with E-state index in [4.69, 9.17) is 18.9 Å². The van der Waals surface area contributed by atoms with E-state index >= 15 is 0 Å². The van der Waals surface area contributed by atoms with Gasteiger partial charge in [-0.25, -0.2) is 9.59 Å². The van der Waals surface area contributed by atoms with Crippen molar-refractivity contribution in [2.24, 2.45) is 0 Å². The standard InChI is InChI=1S/C33H38N2O8Si2/c1-23-30(42-32(36)40-21-44(3,4)27-16-9-7-10-17-27)29(25-14-13-15-26(20-25)35(38)39)31(24(2)34-23)43-33(37)41-22-45(5,6)28-18-11-8-12-19-28/h7-20,29,34H,21-22H2,1-6H3. The summed E-state index contributed by atoms with van der Waals surface area (Å²) in [5.41, 5.74) is 1.13. The summed E-state index contributed by atoms with van der Waals surface area (Å²) in [5.74, 6) is -0.802. The van der Waals surface area contributed by atoms with Crippen LogP contribution in [0.25, 0.3) is 0 Å². The number of non-ortho nitro benzene ring substituents is 1. The fourth-order valence-corrected chi connectivity index (χ4v) is 8.49. The maximum absolute atomic E-state index is 13.1. The van der Waals surface area contributed by atoms with Crippen molar-refractivity contribution in [1.82, 2.24) is 5.32 Å². The van der Waals surface area contributed by atoms with E-state index in [1.54, 1.807) is 19.9 Å². The van der Waals surface area contributed by atoms with Gasteiger partial charge in [0.25, 0.3) is 5.69 Å². The third-order valence-electron chi connectivity index (χ3n) is 7.65. The minimum atomic E-state index is -2.14. The minimum absolute atomic E-state index is 0.0899. The van der Waals surface area contributed by atoms with Crippen LogP contribution < -0.4 is 15.7 Å². The predicted octanol–water partition coefficient (Wildman–Crippen LogP) is 6.36. The summed E-state index contributed by atoms with van der Waals surface area (Å²) in [7, 11) is -4.29. The van der Waals surface area contributed by atoms with Gasteiger partial charge in [0.05, 0.1) is 28.8 Å². The Morgan fingerprint density at radius 1 is 0.733 bits per heavy atom. The van der Waals surface area contributed by atoms with Crippen LogP contribution in [0, 0.1) is 10.1 Å². The summed E-state index contributed by atoms with van der Waals surface area (Å²) in [6.07, 6.45) is -1.53. The van der Waals surface area contributed by atoms with Crippen molar-refractivity contribution in [3.63, 3.8) is 0 Å². The lowest BCUT2D eigenvalue weighted by atomic mass is 9.90. The molecular formula is C33H38N2O8Si2. The first-order valence-corrected chi connectivity index (χ1v) is 20.9. The van der Waals surface area contributed by atoms with Crippen LogP contribution in [0.4, 0.5) is 15.3 Å². The quantitative estimate of drug-likeness (QED) is 0.116. The molecule has 0 spiro atoms. The molecule has 236 valence electrons. The number of nitrogens with one attached hydrogen (secondary N) is 1. The molecule has 0 aliphatic carbocycles. The number of nitro groups is 1. The first-order valence-electron chi connectivity index (χ1n) is 14.5. The summed E-state index contributed by atoms with van der Waals surface area (Å²) in [6, 6.07) is 25.6. The Labute approximate surface area is 264 Å². The summed E-state index contributed by atoms with van der Waals surface area (Å²) in [5, 5.41) is 17.0. The van der Waals surface area contributed by atoms with Crippen LogP contribution in [0.1, 0.15) is 25.3 Å². The molecule has 1 aliphatic heterocycles. The first kappa shape index (κ1) is 33.2. The van der Waals surface area contributed by atoms with E-state index in [-0.39, 0.29) is 29.7 Å². The number of dihydropyridines is 1. The molecule has 45 heavy (non-hydrogen) atoms. The van der Waals surface area contributed by atoms with Crippen LogP contribution in [-0.2, 0) is 18.9 Å². The molecule has 0 amide bonds. The molecule has 3 aromatic rings. The molecule has 12 heteroatoms. The molecule has 0 atom stereocenters. The van der Waals surface area contributed by atoms with Crippen molar-refractivity contribution in [2.75, 3.05) is 12.5 Å². The van der Waals surface area contributed by atoms with Gasteiger partial charge in [-0.2, -0.15) is 0 Å². The van der Waals surface area contributed by atoms with Crippen molar-refractivity contribution in [3.8, 4) is 0 Å². The van der Waals surface area contributed by atoms with Crippen LogP contribution >= 0.6 is 0 Å². The lowest BCUT2D eigenvalue weighted by Crippen LogP contribution is -2.47. The van der Waals surface area contributed by atoms with Gasteiger partial charge in [-0.05, 0) is 19.4 Å². The van der Waals surface area contributed by atoms with Crippen LogP contribution in [0.2, 0.25) is 26.2 Å². The number of hydrogen-bond acceptors (Lipinski definition) is 9. The van der Waals surface area contributed by atoms with Gasteiger partial charge in [-0.1, -0.05) is 109 Å². The number of nitro benzene ring substituents is 1. The fourth-order valence-electron chi connectivity index (χ4n) is 5.01. The molecule has 10 nitrogen and oxygen atoms in total. The lowest BCUT2D eigenvalue weighted by Gasteiger charge is -2.31. The van der Waals surface area contributed by atoms with Crippen molar-refractivity contribution in [3.05, 3.63) is 124 Å². The van der Waals surface area contributed by atoms with Crippen molar-refractivity contribution in [2.45, 2.75) is 46.0 Å². The highest BCUT2D eigenvalue weighted by atomic mass is 28.3. The van der Waals surface area contributed by atoms with E-state index in [1.807, 2.05) is 60.7 Å². The number of nitrogens with zero attached hydrogens (tertiary/aromatic N) is 1. The van der Waals surface area contributed by atoms with Crippen LogP contribution in [0.15, 0.2) is 108 Å². The first-order chi connectivity index (χ1) is 21.3. The van der Waals surface area contributed by atoms with E-state index < -0.39 is 39.3 Å². The van der Waals surface area contributed by atoms with Gasteiger partial charge in [0.1, 0.15) is 33.6 Å². The second-order valence-corrected chi connectivity index (χ2v) is 21.4. The molecule has 0 bridgehead atoms. The molecule has 0 aromatic heterocycles. The van der Waals surface area contributed by atoms with Gasteiger partial charge in [-0.3, -0.25) is 10.1 Å². The van der Waals surface area contributed by atoms with Gasteiger partial charge in [-0.15, -0.1) is 0 Å². The number of hydrogen-bond donors (Lipinski definition) is 1. The molecule has 0 radical (unpaired) electrons. The van der Waals surface area contributed by atoms with E-state index in [9.17, 15) is 19.7 Å². The number of rotatable bonds is 10. The highest BCUT2D eigenvalue weighted by Crippen LogP contribution is 2.40. The van der Waals surface area contributed by atoms with Gasteiger partial charge >= 0.3 is 12.3 Å². The second-order valence-electron chi connectivity index (χ2n) is 12.2. The van der Waals surface area contributed by atoms with E-state index in [0.717, 1.165) is 10.4 Å². The molecule has 1 N–H and O–H groups in total. The fraction of sp³-hybridized carbons (Fsp3) is 0.273. The topological polar surface area (TPSA) is 126 Å². The summed E-state index contributed by atoms with van der Waals surface area (Å²) in [6.45, 7) is 11.7.